The van der Waals surface area contributed by atoms with Gasteiger partial charge in [-0.15, -0.1) is 11.3 Å². The highest BCUT2D eigenvalue weighted by atomic mass is 32.1. The minimum Gasteiger partial charge on any atom is -0.309 e. The molecule has 0 unspecified atom stereocenters. The number of rotatable bonds is 6. The molecule has 0 spiro atoms. The lowest BCUT2D eigenvalue weighted by Crippen LogP contribution is -1.93. The molecule has 11 aromatic rings. The van der Waals surface area contributed by atoms with E-state index in [9.17, 15) is 0 Å². The van der Waals surface area contributed by atoms with Crippen LogP contribution in [0.3, 0.4) is 0 Å². The number of para-hydroxylation sites is 1. The largest absolute Gasteiger partial charge is 0.309 e. The van der Waals surface area contributed by atoms with Crippen molar-refractivity contribution in [2.45, 2.75) is 0 Å². The molecule has 2 heterocycles. The lowest BCUT2D eigenvalue weighted by Gasteiger charge is -2.09. The summed E-state index contributed by atoms with van der Waals surface area (Å²) in [4.78, 5) is 0. The zero-order valence-electron chi connectivity index (χ0n) is 30.6. The SMILES string of the molecule is c1ccc(-c2cccc(-c3cccc(-c4ccc5sc6c(-c7ccc8c(c7)c7cc(-c9ccccc9)ccc7n8-c7ccccc7)cccc6c5c4)c3)c2)cc1. The minimum absolute atomic E-state index is 1.17. The van der Waals surface area contributed by atoms with Crippen molar-refractivity contribution in [1.29, 1.82) is 0 Å². The molecule has 262 valence electrons. The predicted octanol–water partition coefficient (Wildman–Crippen LogP) is 15.5. The predicted molar refractivity (Wildman–Crippen MR) is 241 cm³/mol. The molecule has 1 nitrogen and oxygen atoms in total. The van der Waals surface area contributed by atoms with Gasteiger partial charge in [0.1, 0.15) is 0 Å². The molecule has 0 amide bonds. The van der Waals surface area contributed by atoms with E-state index < -0.39 is 0 Å². The fraction of sp³-hybridized carbons (Fsp3) is 0. The van der Waals surface area contributed by atoms with Crippen LogP contribution in [0.15, 0.2) is 212 Å². The summed E-state index contributed by atoms with van der Waals surface area (Å²) in [5, 5.41) is 5.12. The molecule has 0 saturated heterocycles. The molecule has 0 bridgehead atoms. The van der Waals surface area contributed by atoms with Crippen molar-refractivity contribution in [2.75, 3.05) is 0 Å². The molecular weight excluding hydrogens is 695 g/mol. The van der Waals surface area contributed by atoms with Crippen LogP contribution in [0, 0.1) is 0 Å². The van der Waals surface area contributed by atoms with Gasteiger partial charge in [-0.2, -0.15) is 0 Å². The molecule has 0 saturated carbocycles. The van der Waals surface area contributed by atoms with Gasteiger partial charge in [-0.05, 0) is 116 Å². The summed E-state index contributed by atoms with van der Waals surface area (Å²) in [5.41, 5.74) is 15.9. The van der Waals surface area contributed by atoms with E-state index in [4.69, 9.17) is 0 Å². The quantitative estimate of drug-likeness (QED) is 0.161. The van der Waals surface area contributed by atoms with Gasteiger partial charge in [-0.1, -0.05) is 152 Å². The Labute approximate surface area is 330 Å². The number of hydrogen-bond acceptors (Lipinski definition) is 1. The summed E-state index contributed by atoms with van der Waals surface area (Å²) in [6, 6.07) is 77.6. The number of nitrogens with zero attached hydrogens (tertiary/aromatic N) is 1. The van der Waals surface area contributed by atoms with Crippen molar-refractivity contribution < 1.29 is 0 Å². The van der Waals surface area contributed by atoms with Crippen LogP contribution in [0.1, 0.15) is 0 Å². The maximum atomic E-state index is 2.41. The summed E-state index contributed by atoms with van der Waals surface area (Å²) >= 11 is 1.89. The van der Waals surface area contributed by atoms with Crippen molar-refractivity contribution in [3.63, 3.8) is 0 Å². The summed E-state index contributed by atoms with van der Waals surface area (Å²) < 4.78 is 5.03. The molecular formula is C54H35NS. The van der Waals surface area contributed by atoms with E-state index in [2.05, 4.69) is 217 Å². The molecule has 2 aromatic heterocycles. The lowest BCUT2D eigenvalue weighted by atomic mass is 9.95. The topological polar surface area (TPSA) is 4.93 Å². The van der Waals surface area contributed by atoms with Crippen molar-refractivity contribution in [3.05, 3.63) is 212 Å². The Kier molecular flexibility index (Phi) is 7.75. The van der Waals surface area contributed by atoms with E-state index in [-0.39, 0.29) is 0 Å². The van der Waals surface area contributed by atoms with Crippen LogP contribution in [0.25, 0.3) is 103 Å². The Morgan fingerprint density at radius 3 is 1.36 bits per heavy atom. The van der Waals surface area contributed by atoms with Gasteiger partial charge < -0.3 is 4.57 Å². The van der Waals surface area contributed by atoms with Gasteiger partial charge in [0.2, 0.25) is 0 Å². The first-order valence-electron chi connectivity index (χ1n) is 19.2. The minimum atomic E-state index is 1.17. The highest BCUT2D eigenvalue weighted by Crippen LogP contribution is 2.43. The van der Waals surface area contributed by atoms with E-state index in [0.29, 0.717) is 0 Å². The Morgan fingerprint density at radius 2 is 0.732 bits per heavy atom. The van der Waals surface area contributed by atoms with Crippen LogP contribution in [0.5, 0.6) is 0 Å². The van der Waals surface area contributed by atoms with E-state index >= 15 is 0 Å². The Balaban J connectivity index is 1.02. The zero-order chi connectivity index (χ0) is 37.0. The average Bonchev–Trinajstić information content (AvgIpc) is 3.82. The van der Waals surface area contributed by atoms with Crippen LogP contribution >= 0.6 is 11.3 Å². The van der Waals surface area contributed by atoms with Crippen LogP contribution in [-0.2, 0) is 0 Å². The number of fused-ring (bicyclic) bond motifs is 6. The van der Waals surface area contributed by atoms with Gasteiger partial charge in [0, 0.05) is 36.6 Å². The zero-order valence-corrected chi connectivity index (χ0v) is 31.4. The molecule has 0 aliphatic carbocycles. The second kappa shape index (κ2) is 13.4. The molecule has 56 heavy (non-hydrogen) atoms. The second-order valence-electron chi connectivity index (χ2n) is 14.5. The average molecular weight is 730 g/mol. The van der Waals surface area contributed by atoms with E-state index in [1.807, 2.05) is 11.3 Å². The van der Waals surface area contributed by atoms with E-state index in [1.54, 1.807) is 0 Å². The molecule has 0 atom stereocenters. The first kappa shape index (κ1) is 32.4. The molecule has 0 N–H and O–H groups in total. The third-order valence-electron chi connectivity index (χ3n) is 11.2. The first-order chi connectivity index (χ1) is 27.7. The van der Waals surface area contributed by atoms with Gasteiger partial charge in [-0.25, -0.2) is 0 Å². The maximum absolute atomic E-state index is 2.41. The van der Waals surface area contributed by atoms with Crippen LogP contribution in [0.2, 0.25) is 0 Å². The van der Waals surface area contributed by atoms with Gasteiger partial charge in [0.15, 0.2) is 0 Å². The number of hydrogen-bond donors (Lipinski definition) is 0. The number of benzene rings is 9. The molecule has 0 radical (unpaired) electrons. The number of aromatic nitrogens is 1. The van der Waals surface area contributed by atoms with Crippen LogP contribution in [0.4, 0.5) is 0 Å². The van der Waals surface area contributed by atoms with E-state index in [0.717, 1.165) is 0 Å². The summed E-state index contributed by atoms with van der Waals surface area (Å²) in [7, 11) is 0. The van der Waals surface area contributed by atoms with Crippen molar-refractivity contribution in [1.82, 2.24) is 4.57 Å². The molecule has 0 fully saturated rings. The monoisotopic (exact) mass is 729 g/mol. The van der Waals surface area contributed by atoms with Crippen molar-refractivity contribution in [3.8, 4) is 61.3 Å². The van der Waals surface area contributed by atoms with Crippen LogP contribution < -0.4 is 0 Å². The molecule has 0 aliphatic rings. The summed E-state index contributed by atoms with van der Waals surface area (Å²) in [5.74, 6) is 0. The Morgan fingerprint density at radius 1 is 0.286 bits per heavy atom. The van der Waals surface area contributed by atoms with Crippen molar-refractivity contribution >= 4 is 53.3 Å². The van der Waals surface area contributed by atoms with Gasteiger partial charge in [0.25, 0.3) is 0 Å². The smallest absolute Gasteiger partial charge is 0.0541 e. The summed E-state index contributed by atoms with van der Waals surface area (Å²) in [6.07, 6.45) is 0. The third kappa shape index (κ3) is 5.54. The van der Waals surface area contributed by atoms with Crippen molar-refractivity contribution in [2.24, 2.45) is 0 Å². The Hall–Kier alpha value is -7.00. The maximum Gasteiger partial charge on any atom is 0.0541 e. The van der Waals surface area contributed by atoms with Gasteiger partial charge >= 0.3 is 0 Å². The van der Waals surface area contributed by atoms with Gasteiger partial charge in [0.05, 0.1) is 11.0 Å². The van der Waals surface area contributed by atoms with E-state index in [1.165, 1.54) is 103 Å². The first-order valence-corrected chi connectivity index (χ1v) is 20.0. The standard InChI is InChI=1S/C54H35NS/c1-4-13-36(14-5-1)38-17-10-18-39(31-38)40-19-11-20-41(32-40)43-27-30-53-50(34-43)47-24-12-23-46(54(47)56-53)44-26-29-52-49(35-44)48-33-42(37-15-6-2-7-16-37)25-28-51(48)55(52)45-21-8-3-9-22-45/h1-35H. The third-order valence-corrected chi connectivity index (χ3v) is 12.4. The molecule has 11 rings (SSSR count). The number of thiophene rings is 1. The second-order valence-corrected chi connectivity index (χ2v) is 15.6. The Bertz CT molecular complexity index is 3230. The molecule has 9 aromatic carbocycles. The normalized spacial score (nSPS) is 11.6. The highest BCUT2D eigenvalue weighted by molar-refractivity contribution is 7.26. The highest BCUT2D eigenvalue weighted by Gasteiger charge is 2.17. The van der Waals surface area contributed by atoms with Gasteiger partial charge in [-0.3, -0.25) is 0 Å². The lowest BCUT2D eigenvalue weighted by molar-refractivity contribution is 1.18. The summed E-state index contributed by atoms with van der Waals surface area (Å²) in [6.45, 7) is 0. The fourth-order valence-electron chi connectivity index (χ4n) is 8.45. The van der Waals surface area contributed by atoms with Crippen LogP contribution in [-0.4, -0.2) is 4.57 Å². The molecule has 0 aliphatic heterocycles. The fourth-order valence-corrected chi connectivity index (χ4v) is 9.67. The molecule has 2 heteroatoms.